The van der Waals surface area contributed by atoms with Crippen LogP contribution in [0.5, 0.6) is 0 Å². The molecular formula is C47H35GeIrN3O-2. The topological polar surface area (TPSA) is 43.9 Å². The first kappa shape index (κ1) is 34.7. The summed E-state index contributed by atoms with van der Waals surface area (Å²) in [6, 6.07) is 59.0. The van der Waals surface area contributed by atoms with Crippen LogP contribution in [0.4, 0.5) is 0 Å². The molecule has 0 N–H and O–H groups in total. The Labute approximate surface area is 324 Å². The van der Waals surface area contributed by atoms with Crippen LogP contribution < -0.4 is 4.40 Å². The van der Waals surface area contributed by atoms with E-state index in [1.54, 1.807) is 0 Å². The largest absolute Gasteiger partial charge is 0.501 e. The molecule has 3 aromatic heterocycles. The molecule has 0 aliphatic rings. The first-order valence-corrected chi connectivity index (χ1v) is 24.9. The van der Waals surface area contributed by atoms with E-state index < -0.39 is 13.3 Å². The van der Waals surface area contributed by atoms with E-state index >= 15 is 0 Å². The van der Waals surface area contributed by atoms with Crippen LogP contribution in [0.3, 0.4) is 0 Å². The van der Waals surface area contributed by atoms with Crippen molar-refractivity contribution in [3.63, 3.8) is 0 Å². The summed E-state index contributed by atoms with van der Waals surface area (Å²) >= 11 is -1.72. The van der Waals surface area contributed by atoms with Crippen molar-refractivity contribution in [2.75, 3.05) is 0 Å². The predicted molar refractivity (Wildman–Crippen MR) is 219 cm³/mol. The van der Waals surface area contributed by atoms with Gasteiger partial charge in [-0.15, -0.1) is 18.2 Å². The molecule has 0 atom stereocenters. The average Bonchev–Trinajstić information content (AvgIpc) is 3.75. The molecule has 0 amide bonds. The summed E-state index contributed by atoms with van der Waals surface area (Å²) in [6.45, 7) is 0. The summed E-state index contributed by atoms with van der Waals surface area (Å²) in [5.74, 6) is 7.96. The van der Waals surface area contributed by atoms with E-state index in [1.807, 2.05) is 54.7 Å². The maximum absolute atomic E-state index is 6.41. The Balaban J connectivity index is 0.000000199. The molecule has 53 heavy (non-hydrogen) atoms. The number of fused-ring (bicyclic) bond motifs is 6. The number of benzene rings is 7. The molecule has 10 rings (SSSR count). The van der Waals surface area contributed by atoms with Crippen molar-refractivity contribution in [1.82, 2.24) is 14.5 Å². The number of rotatable bonds is 4. The zero-order chi connectivity index (χ0) is 35.2. The molecule has 0 aliphatic heterocycles. The Kier molecular flexibility index (Phi) is 9.34. The third kappa shape index (κ3) is 6.50. The SMILES string of the molecule is [CH3][Ge]([CH3])([CH3])[c]1ccc(-c2[c-]cccc2)nc1.[Ir].[c-]1ccc2c(oc3ccccc32)c1-c1nc2cc3ccccc3cc2n1-c1cccc2ccccc12. The Morgan fingerprint density at radius 2 is 1.34 bits per heavy atom. The molecule has 6 heteroatoms. The van der Waals surface area contributed by atoms with Crippen molar-refractivity contribution in [2.45, 2.75) is 17.3 Å². The van der Waals surface area contributed by atoms with Gasteiger partial charge in [0.2, 0.25) is 0 Å². The summed E-state index contributed by atoms with van der Waals surface area (Å²) in [5.41, 5.74) is 7.69. The van der Waals surface area contributed by atoms with Crippen molar-refractivity contribution in [2.24, 2.45) is 0 Å². The van der Waals surface area contributed by atoms with Gasteiger partial charge in [-0.1, -0.05) is 89.8 Å². The fourth-order valence-corrected chi connectivity index (χ4v) is 9.16. The van der Waals surface area contributed by atoms with Crippen LogP contribution in [0, 0.1) is 12.1 Å². The van der Waals surface area contributed by atoms with E-state index in [0.29, 0.717) is 0 Å². The quantitative estimate of drug-likeness (QED) is 0.130. The Hall–Kier alpha value is -5.33. The van der Waals surface area contributed by atoms with Crippen LogP contribution in [0.1, 0.15) is 0 Å². The molecule has 10 aromatic rings. The van der Waals surface area contributed by atoms with Gasteiger partial charge in [-0.05, 0) is 40.4 Å². The van der Waals surface area contributed by atoms with Crippen molar-refractivity contribution in [3.8, 4) is 28.3 Å². The van der Waals surface area contributed by atoms with Gasteiger partial charge >= 0.3 is 99.8 Å². The van der Waals surface area contributed by atoms with E-state index in [4.69, 9.17) is 9.40 Å². The Bertz CT molecular complexity index is 2880. The molecule has 4 nitrogen and oxygen atoms in total. The van der Waals surface area contributed by atoms with Crippen LogP contribution in [0.25, 0.3) is 82.8 Å². The molecule has 0 spiro atoms. The maximum atomic E-state index is 6.41. The Morgan fingerprint density at radius 3 is 2.09 bits per heavy atom. The van der Waals surface area contributed by atoms with Crippen molar-refractivity contribution in [3.05, 3.63) is 170 Å². The van der Waals surface area contributed by atoms with Gasteiger partial charge in [0.25, 0.3) is 0 Å². The predicted octanol–water partition coefficient (Wildman–Crippen LogP) is 11.8. The first-order valence-electron chi connectivity index (χ1n) is 17.6. The van der Waals surface area contributed by atoms with Gasteiger partial charge in [0.15, 0.2) is 0 Å². The standard InChI is InChI=1S/C33H19N2O.C14H16GeN.Ir/c1-2-11-23-20-30-28(19-22(23)10-1)34-33(35(30)29-17-7-12-21-9-3-4-13-24(21)29)27-16-8-15-26-25-14-5-6-18-31(25)36-32(26)27;1-15(2,3)13-9-10-14(16-11-13)12-7-5-4-6-8-12;/h1-15,17-20H;4-7,9-11H,1-3H3;/q2*-1;. The molecule has 0 unspecified atom stereocenters. The monoisotopic (exact) mass is 924 g/mol. The molecule has 1 radical (unpaired) electrons. The second kappa shape index (κ2) is 14.2. The summed E-state index contributed by atoms with van der Waals surface area (Å²) in [5, 5.41) is 6.89. The second-order valence-electron chi connectivity index (χ2n) is 14.1. The van der Waals surface area contributed by atoms with Crippen LogP contribution in [0.2, 0.25) is 17.3 Å². The molecule has 7 aromatic carbocycles. The number of imidazole rings is 1. The van der Waals surface area contributed by atoms with E-state index in [-0.39, 0.29) is 20.1 Å². The van der Waals surface area contributed by atoms with Gasteiger partial charge in [0.05, 0.1) is 22.4 Å². The molecule has 0 saturated carbocycles. The minimum atomic E-state index is -1.72. The van der Waals surface area contributed by atoms with Gasteiger partial charge in [0.1, 0.15) is 5.58 Å². The fourth-order valence-electron chi connectivity index (χ4n) is 6.98. The minimum Gasteiger partial charge on any atom is -0.501 e. The summed E-state index contributed by atoms with van der Waals surface area (Å²) < 4.78 is 10.1. The van der Waals surface area contributed by atoms with Crippen molar-refractivity contribution in [1.29, 1.82) is 0 Å². The van der Waals surface area contributed by atoms with E-state index in [9.17, 15) is 0 Å². The third-order valence-electron chi connectivity index (χ3n) is 9.71. The maximum Gasteiger partial charge on any atom is 0.120 e. The summed E-state index contributed by atoms with van der Waals surface area (Å²) in [7, 11) is 0. The van der Waals surface area contributed by atoms with Crippen LogP contribution >= 0.6 is 0 Å². The Morgan fingerprint density at radius 1 is 0.623 bits per heavy atom. The minimum absolute atomic E-state index is 0. The van der Waals surface area contributed by atoms with Gasteiger partial charge in [-0.2, -0.15) is 0 Å². The summed E-state index contributed by atoms with van der Waals surface area (Å²) in [4.78, 5) is 9.74. The number of hydrogen-bond donors (Lipinski definition) is 0. The van der Waals surface area contributed by atoms with Gasteiger partial charge < -0.3 is 8.98 Å². The average molecular weight is 923 g/mol. The van der Waals surface area contributed by atoms with Gasteiger partial charge in [-0.25, -0.2) is 0 Å². The zero-order valence-electron chi connectivity index (χ0n) is 29.6. The molecule has 0 bridgehead atoms. The number of nitrogens with zero attached hydrogens (tertiary/aromatic N) is 3. The van der Waals surface area contributed by atoms with E-state index in [0.717, 1.165) is 61.3 Å². The van der Waals surface area contributed by atoms with Crippen molar-refractivity contribution < 1.29 is 24.5 Å². The molecule has 0 saturated heterocycles. The summed E-state index contributed by atoms with van der Waals surface area (Å²) in [6.07, 6.45) is 2.04. The molecule has 259 valence electrons. The van der Waals surface area contributed by atoms with Gasteiger partial charge in [-0.3, -0.25) is 4.98 Å². The van der Waals surface area contributed by atoms with E-state index in [2.05, 4.69) is 142 Å². The fraction of sp³-hybridized carbons (Fsp3) is 0.0638. The molecular weight excluding hydrogens is 887 g/mol. The second-order valence-corrected chi connectivity index (χ2v) is 24.8. The smallest absolute Gasteiger partial charge is 0.120 e. The molecule has 0 aliphatic carbocycles. The first-order chi connectivity index (χ1) is 25.4. The van der Waals surface area contributed by atoms with Gasteiger partial charge in [0, 0.05) is 36.6 Å². The zero-order valence-corrected chi connectivity index (χ0v) is 34.1. The number of furan rings is 1. The third-order valence-corrected chi connectivity index (χ3v) is 14.0. The molecule has 3 heterocycles. The molecule has 0 fully saturated rings. The van der Waals surface area contributed by atoms with Crippen LogP contribution in [-0.2, 0) is 20.1 Å². The number of para-hydroxylation sites is 1. The number of aromatic nitrogens is 3. The van der Waals surface area contributed by atoms with Crippen molar-refractivity contribution >= 4 is 72.2 Å². The van der Waals surface area contributed by atoms with E-state index in [1.165, 1.54) is 25.9 Å². The van der Waals surface area contributed by atoms with Crippen LogP contribution in [-0.4, -0.2) is 27.8 Å². The van der Waals surface area contributed by atoms with Crippen LogP contribution in [0.15, 0.2) is 162 Å². The number of hydrogen-bond acceptors (Lipinski definition) is 3. The number of pyridine rings is 1. The normalized spacial score (nSPS) is 11.5.